The van der Waals surface area contributed by atoms with E-state index in [9.17, 15) is 4.39 Å². The van der Waals surface area contributed by atoms with Gasteiger partial charge in [0.1, 0.15) is 5.82 Å². The first-order valence-corrected chi connectivity index (χ1v) is 5.37. The number of anilines is 1. The van der Waals surface area contributed by atoms with E-state index in [1.54, 1.807) is 6.20 Å². The van der Waals surface area contributed by atoms with Gasteiger partial charge in [-0.1, -0.05) is 6.42 Å². The van der Waals surface area contributed by atoms with Crippen molar-refractivity contribution in [3.05, 3.63) is 24.3 Å². The molecule has 0 aliphatic carbocycles. The van der Waals surface area contributed by atoms with Gasteiger partial charge in [0.05, 0.1) is 18.1 Å². The first-order valence-electron chi connectivity index (χ1n) is 5.37. The van der Waals surface area contributed by atoms with Crippen molar-refractivity contribution in [2.75, 3.05) is 18.0 Å². The summed E-state index contributed by atoms with van der Waals surface area (Å²) in [6, 6.07) is 1.71. The molecule has 1 fully saturated rings. The zero-order chi connectivity index (χ0) is 10.7. The summed E-state index contributed by atoms with van der Waals surface area (Å²) in [6.07, 6.45) is 6.24. The van der Waals surface area contributed by atoms with E-state index in [0.717, 1.165) is 38.0 Å². The highest BCUT2D eigenvalue weighted by atomic mass is 19.1. The second-order valence-corrected chi connectivity index (χ2v) is 4.06. The molecule has 1 aromatic rings. The third kappa shape index (κ3) is 2.65. The molecule has 1 unspecified atom stereocenters. The highest BCUT2D eigenvalue weighted by Gasteiger charge is 2.15. The van der Waals surface area contributed by atoms with Gasteiger partial charge in [0.25, 0.3) is 0 Å². The van der Waals surface area contributed by atoms with Crippen LogP contribution < -0.4 is 10.6 Å². The Morgan fingerprint density at radius 2 is 2.27 bits per heavy atom. The molecule has 1 saturated heterocycles. The number of nitrogens with zero attached hydrogens (tertiary/aromatic N) is 2. The molecule has 0 saturated carbocycles. The van der Waals surface area contributed by atoms with Crippen LogP contribution in [-0.4, -0.2) is 24.1 Å². The quantitative estimate of drug-likeness (QED) is 0.762. The predicted octanol–water partition coefficient (Wildman–Crippen LogP) is 1.54. The van der Waals surface area contributed by atoms with Gasteiger partial charge in [-0.3, -0.25) is 4.98 Å². The van der Waals surface area contributed by atoms with Crippen LogP contribution in [0.3, 0.4) is 0 Å². The molecule has 82 valence electrons. The smallest absolute Gasteiger partial charge is 0.143 e. The molecule has 3 nitrogen and oxygen atoms in total. The topological polar surface area (TPSA) is 42.1 Å². The van der Waals surface area contributed by atoms with Crippen molar-refractivity contribution in [3.63, 3.8) is 0 Å². The zero-order valence-electron chi connectivity index (χ0n) is 8.69. The first kappa shape index (κ1) is 10.4. The molecule has 0 radical (unpaired) electrons. The van der Waals surface area contributed by atoms with Gasteiger partial charge in [-0.15, -0.1) is 0 Å². The number of hydrogen-bond donors (Lipinski definition) is 1. The summed E-state index contributed by atoms with van der Waals surface area (Å²) in [5.41, 5.74) is 6.78. The molecular weight excluding hydrogens is 193 g/mol. The molecule has 4 heteroatoms. The lowest BCUT2D eigenvalue weighted by Gasteiger charge is -2.24. The molecule has 1 aliphatic rings. The Labute approximate surface area is 89.1 Å². The van der Waals surface area contributed by atoms with Crippen molar-refractivity contribution in [2.24, 2.45) is 5.73 Å². The molecule has 2 heterocycles. The van der Waals surface area contributed by atoms with Crippen molar-refractivity contribution in [2.45, 2.75) is 25.3 Å². The molecule has 0 aromatic carbocycles. The number of nitrogens with two attached hydrogens (primary N) is 1. The third-order valence-electron chi connectivity index (χ3n) is 2.76. The lowest BCUT2D eigenvalue weighted by atomic mass is 10.2. The summed E-state index contributed by atoms with van der Waals surface area (Å²) in [4.78, 5) is 5.98. The van der Waals surface area contributed by atoms with E-state index < -0.39 is 0 Å². The Hall–Kier alpha value is -1.16. The van der Waals surface area contributed by atoms with Gasteiger partial charge in [0, 0.05) is 25.2 Å². The van der Waals surface area contributed by atoms with Gasteiger partial charge in [0.15, 0.2) is 0 Å². The standard InChI is InChI=1S/C11H16FN3/c12-9-5-11(7-14-6-9)15-4-2-1-3-10(13)8-15/h5-7,10H,1-4,8,13H2. The van der Waals surface area contributed by atoms with E-state index in [1.807, 2.05) is 0 Å². The SMILES string of the molecule is NC1CCCCN(c2cncc(F)c2)C1. The molecular formula is C11H16FN3. The van der Waals surface area contributed by atoms with E-state index in [0.29, 0.717) is 0 Å². The maximum Gasteiger partial charge on any atom is 0.143 e. The average molecular weight is 209 g/mol. The second kappa shape index (κ2) is 4.57. The number of pyridine rings is 1. The molecule has 2 rings (SSSR count). The summed E-state index contributed by atoms with van der Waals surface area (Å²) in [7, 11) is 0. The normalized spacial score (nSPS) is 22.5. The fourth-order valence-corrected chi connectivity index (χ4v) is 1.98. The monoisotopic (exact) mass is 209 g/mol. The van der Waals surface area contributed by atoms with E-state index in [4.69, 9.17) is 5.73 Å². The van der Waals surface area contributed by atoms with E-state index in [2.05, 4.69) is 9.88 Å². The van der Waals surface area contributed by atoms with Gasteiger partial charge in [-0.05, 0) is 12.8 Å². The van der Waals surface area contributed by atoms with Crippen LogP contribution in [0.25, 0.3) is 0 Å². The molecule has 0 bridgehead atoms. The first-order chi connectivity index (χ1) is 7.25. The fourth-order valence-electron chi connectivity index (χ4n) is 1.98. The molecule has 0 spiro atoms. The Morgan fingerprint density at radius 1 is 1.40 bits per heavy atom. The van der Waals surface area contributed by atoms with Crippen LogP contribution in [0.4, 0.5) is 10.1 Å². The van der Waals surface area contributed by atoms with Gasteiger partial charge in [-0.2, -0.15) is 0 Å². The highest BCUT2D eigenvalue weighted by molar-refractivity contribution is 5.44. The number of hydrogen-bond acceptors (Lipinski definition) is 3. The minimum atomic E-state index is -0.287. The van der Waals surface area contributed by atoms with Gasteiger partial charge in [-0.25, -0.2) is 4.39 Å². The maximum atomic E-state index is 13.0. The van der Waals surface area contributed by atoms with E-state index in [1.165, 1.54) is 12.3 Å². The van der Waals surface area contributed by atoms with Crippen LogP contribution in [0.2, 0.25) is 0 Å². The van der Waals surface area contributed by atoms with Gasteiger partial charge < -0.3 is 10.6 Å². The van der Waals surface area contributed by atoms with Crippen LogP contribution in [0.5, 0.6) is 0 Å². The molecule has 1 atom stereocenters. The number of halogens is 1. The van der Waals surface area contributed by atoms with Crippen LogP contribution in [-0.2, 0) is 0 Å². The second-order valence-electron chi connectivity index (χ2n) is 4.06. The molecule has 2 N–H and O–H groups in total. The van der Waals surface area contributed by atoms with Gasteiger partial charge >= 0.3 is 0 Å². The Morgan fingerprint density at radius 3 is 3.07 bits per heavy atom. The van der Waals surface area contributed by atoms with E-state index in [-0.39, 0.29) is 11.9 Å². The summed E-state index contributed by atoms with van der Waals surface area (Å²) in [5, 5.41) is 0. The van der Waals surface area contributed by atoms with Crippen molar-refractivity contribution >= 4 is 5.69 Å². The van der Waals surface area contributed by atoms with Crippen molar-refractivity contribution < 1.29 is 4.39 Å². The van der Waals surface area contributed by atoms with E-state index >= 15 is 0 Å². The molecule has 0 amide bonds. The Kier molecular flexibility index (Phi) is 3.16. The molecule has 1 aromatic heterocycles. The maximum absolute atomic E-state index is 13.0. The van der Waals surface area contributed by atoms with Crippen LogP contribution in [0.15, 0.2) is 18.5 Å². The molecule has 1 aliphatic heterocycles. The predicted molar refractivity (Wildman–Crippen MR) is 58.2 cm³/mol. The average Bonchev–Trinajstić information content (AvgIpc) is 2.43. The lowest BCUT2D eigenvalue weighted by molar-refractivity contribution is 0.612. The Balaban J connectivity index is 2.14. The fraction of sp³-hybridized carbons (Fsp3) is 0.545. The zero-order valence-corrected chi connectivity index (χ0v) is 8.69. The number of aromatic nitrogens is 1. The largest absolute Gasteiger partial charge is 0.369 e. The summed E-state index contributed by atoms with van der Waals surface area (Å²) >= 11 is 0. The minimum Gasteiger partial charge on any atom is -0.369 e. The van der Waals surface area contributed by atoms with Gasteiger partial charge in [0.2, 0.25) is 0 Å². The van der Waals surface area contributed by atoms with Crippen LogP contribution in [0, 0.1) is 5.82 Å². The molecule has 15 heavy (non-hydrogen) atoms. The summed E-state index contributed by atoms with van der Waals surface area (Å²) in [5.74, 6) is -0.287. The number of rotatable bonds is 1. The van der Waals surface area contributed by atoms with Crippen molar-refractivity contribution in [1.82, 2.24) is 4.98 Å². The Bertz CT molecular complexity index is 329. The van der Waals surface area contributed by atoms with Crippen LogP contribution >= 0.6 is 0 Å². The lowest BCUT2D eigenvalue weighted by Crippen LogP contribution is -2.35. The van der Waals surface area contributed by atoms with Crippen molar-refractivity contribution in [1.29, 1.82) is 0 Å². The summed E-state index contributed by atoms with van der Waals surface area (Å²) < 4.78 is 13.0. The van der Waals surface area contributed by atoms with Crippen molar-refractivity contribution in [3.8, 4) is 0 Å². The van der Waals surface area contributed by atoms with Crippen LogP contribution in [0.1, 0.15) is 19.3 Å². The highest BCUT2D eigenvalue weighted by Crippen LogP contribution is 2.18. The minimum absolute atomic E-state index is 0.191. The third-order valence-corrected chi connectivity index (χ3v) is 2.76. The summed E-state index contributed by atoms with van der Waals surface area (Å²) in [6.45, 7) is 1.74.